The molecule has 0 amide bonds. The van der Waals surface area contributed by atoms with Crippen molar-refractivity contribution < 1.29 is 34.4 Å². The Hall–Kier alpha value is -2.82. The van der Waals surface area contributed by atoms with Gasteiger partial charge in [0.15, 0.2) is 0 Å². The van der Waals surface area contributed by atoms with Gasteiger partial charge >= 0.3 is 11.9 Å². The number of carbonyl (C=O) groups excluding carboxylic acids is 2. The molecule has 2 aromatic carbocycles. The second-order valence-electron chi connectivity index (χ2n) is 8.85. The fraction of sp³-hybridized carbons (Fsp3) is 0.517. The van der Waals surface area contributed by atoms with E-state index in [2.05, 4.69) is 5.32 Å². The topological polar surface area (TPSA) is 129 Å². The smallest absolute Gasteiger partial charge is 0.323 e. The van der Waals surface area contributed by atoms with Crippen LogP contribution in [0.1, 0.15) is 45.2 Å². The highest BCUT2D eigenvalue weighted by molar-refractivity contribution is 5.76. The molecule has 4 atom stereocenters. The molecular formula is C29H44N2O7. The van der Waals surface area contributed by atoms with Gasteiger partial charge in [0.1, 0.15) is 25.3 Å². The molecule has 38 heavy (non-hydrogen) atoms. The maximum atomic E-state index is 12.0. The summed E-state index contributed by atoms with van der Waals surface area (Å²) in [6.07, 6.45) is 0.0586. The average molecular weight is 533 g/mol. The van der Waals surface area contributed by atoms with Crippen molar-refractivity contribution in [1.29, 1.82) is 0 Å². The number of aliphatic hydroxyl groups is 3. The summed E-state index contributed by atoms with van der Waals surface area (Å²) in [6.45, 7) is 6.27. The molecule has 2 aliphatic rings. The van der Waals surface area contributed by atoms with Crippen molar-refractivity contribution in [2.75, 3.05) is 26.2 Å². The second-order valence-corrected chi connectivity index (χ2v) is 8.85. The molecule has 4 N–H and O–H groups in total. The fourth-order valence-electron chi connectivity index (χ4n) is 4.02. The van der Waals surface area contributed by atoms with Gasteiger partial charge in [-0.1, -0.05) is 75.0 Å². The maximum absolute atomic E-state index is 12.0. The van der Waals surface area contributed by atoms with Gasteiger partial charge in [-0.25, -0.2) is 0 Å². The summed E-state index contributed by atoms with van der Waals surface area (Å²) >= 11 is 0. The molecular weight excluding hydrogens is 488 g/mol. The van der Waals surface area contributed by atoms with E-state index in [4.69, 9.17) is 14.6 Å². The van der Waals surface area contributed by atoms with Crippen LogP contribution in [0.25, 0.3) is 0 Å². The minimum Gasteiger partial charge on any atom is -0.460 e. The van der Waals surface area contributed by atoms with Crippen molar-refractivity contribution in [2.24, 2.45) is 0 Å². The molecule has 9 nitrogen and oxygen atoms in total. The van der Waals surface area contributed by atoms with Crippen LogP contribution in [0, 0.1) is 0 Å². The van der Waals surface area contributed by atoms with Crippen LogP contribution >= 0.6 is 0 Å². The number of rotatable bonds is 7. The molecule has 2 saturated heterocycles. The Balaban J connectivity index is 0.000000338. The molecule has 2 aromatic rings. The van der Waals surface area contributed by atoms with Crippen molar-refractivity contribution >= 4 is 11.9 Å². The lowest BCUT2D eigenvalue weighted by Gasteiger charge is -2.20. The molecule has 2 heterocycles. The first-order chi connectivity index (χ1) is 17.9. The van der Waals surface area contributed by atoms with E-state index in [0.29, 0.717) is 32.5 Å². The quantitative estimate of drug-likeness (QED) is 0.397. The zero-order chi connectivity index (χ0) is 27.0. The van der Waals surface area contributed by atoms with Gasteiger partial charge in [-0.3, -0.25) is 14.5 Å². The number of esters is 2. The number of likely N-dealkylation sites (tertiary alicyclic amines) is 1. The maximum Gasteiger partial charge on any atom is 0.323 e. The van der Waals surface area contributed by atoms with Crippen LogP contribution in [0.2, 0.25) is 0 Å². The average Bonchev–Trinajstić information content (AvgIpc) is 3.53. The van der Waals surface area contributed by atoms with Crippen molar-refractivity contribution in [3.05, 3.63) is 71.8 Å². The van der Waals surface area contributed by atoms with Crippen molar-refractivity contribution in [2.45, 2.75) is 71.6 Å². The zero-order valence-corrected chi connectivity index (χ0v) is 21.7. The number of hydrogen-bond acceptors (Lipinski definition) is 9. The van der Waals surface area contributed by atoms with Crippen LogP contribution in [0.3, 0.4) is 0 Å². The second kappa shape index (κ2) is 18.4. The van der Waals surface area contributed by atoms with E-state index in [9.17, 15) is 19.8 Å². The van der Waals surface area contributed by atoms with Gasteiger partial charge in [-0.05, 0) is 24.6 Å². The van der Waals surface area contributed by atoms with Crippen LogP contribution < -0.4 is 5.32 Å². The number of hydrogen-bond donors (Lipinski definition) is 4. The van der Waals surface area contributed by atoms with Crippen LogP contribution in [0.15, 0.2) is 60.7 Å². The summed E-state index contributed by atoms with van der Waals surface area (Å²) in [5.74, 6) is -0.530. The standard InChI is InChI=1S/C14H19NO3.C12H15NO3.C2H6O.CH4/c1-2-15-9-12(16)8-13(15)14(17)18-10-11-6-4-3-5-7-11;14-10-6-11(13-7-10)12(15)16-8-9-4-2-1-3-5-9;1-2-3;/h3-7,12-13,16H,2,8-10H2,1H3;1-5,10-11,13-14H,6-8H2;3H,2H2,1H3;1H4. The third-order valence-electron chi connectivity index (χ3n) is 5.90. The van der Waals surface area contributed by atoms with Crippen LogP contribution in [0.4, 0.5) is 0 Å². The largest absolute Gasteiger partial charge is 0.460 e. The number of benzene rings is 2. The van der Waals surface area contributed by atoms with E-state index in [0.717, 1.165) is 17.7 Å². The number of nitrogens with one attached hydrogen (secondary N) is 1. The highest BCUT2D eigenvalue weighted by Crippen LogP contribution is 2.19. The van der Waals surface area contributed by atoms with Gasteiger partial charge in [0, 0.05) is 32.5 Å². The first-order valence-electron chi connectivity index (χ1n) is 12.7. The van der Waals surface area contributed by atoms with Crippen molar-refractivity contribution in [1.82, 2.24) is 10.2 Å². The highest BCUT2D eigenvalue weighted by atomic mass is 16.5. The summed E-state index contributed by atoms with van der Waals surface area (Å²) in [6, 6.07) is 18.5. The SMILES string of the molecule is C.CCN1CC(O)CC1C(=O)OCc1ccccc1.CCO.O=C(OCc1ccccc1)C1CC(O)CN1. The minimum atomic E-state index is -0.436. The number of nitrogens with zero attached hydrogens (tertiary/aromatic N) is 1. The third kappa shape index (κ3) is 11.7. The van der Waals surface area contributed by atoms with Crippen LogP contribution in [-0.4, -0.2) is 82.7 Å². The molecule has 0 aromatic heterocycles. The Morgan fingerprint density at radius 3 is 1.82 bits per heavy atom. The van der Waals surface area contributed by atoms with E-state index in [-0.39, 0.29) is 44.7 Å². The van der Waals surface area contributed by atoms with Gasteiger partial charge in [0.05, 0.1) is 12.2 Å². The number of ether oxygens (including phenoxy) is 2. The number of β-amino-alcohol motifs (C(OH)–C–C–N with tert-alkyl or cyclic N) is 2. The number of carbonyl (C=O) groups is 2. The summed E-state index contributed by atoms with van der Waals surface area (Å²) in [5, 5.41) is 29.3. The molecule has 0 spiro atoms. The number of likely N-dealkylation sites (N-methyl/N-ethyl adjacent to an activating group) is 1. The molecule has 0 bridgehead atoms. The molecule has 4 rings (SSSR count). The molecule has 2 fully saturated rings. The summed E-state index contributed by atoms with van der Waals surface area (Å²) in [5.41, 5.74) is 1.95. The molecule has 2 aliphatic heterocycles. The predicted octanol–water partition coefficient (Wildman–Crippen LogP) is 2.27. The molecule has 0 saturated carbocycles. The van der Waals surface area contributed by atoms with E-state index < -0.39 is 12.2 Å². The van der Waals surface area contributed by atoms with E-state index in [1.54, 1.807) is 6.92 Å². The first-order valence-corrected chi connectivity index (χ1v) is 12.7. The van der Waals surface area contributed by atoms with E-state index in [1.807, 2.05) is 72.5 Å². The Kier molecular flexibility index (Phi) is 16.1. The van der Waals surface area contributed by atoms with Gasteiger partial charge in [-0.15, -0.1) is 0 Å². The van der Waals surface area contributed by atoms with Crippen LogP contribution in [0.5, 0.6) is 0 Å². The Bertz CT molecular complexity index is 914. The summed E-state index contributed by atoms with van der Waals surface area (Å²) < 4.78 is 10.4. The van der Waals surface area contributed by atoms with Gasteiger partial charge in [0.25, 0.3) is 0 Å². The van der Waals surface area contributed by atoms with Gasteiger partial charge in [0.2, 0.25) is 0 Å². The molecule has 0 aliphatic carbocycles. The summed E-state index contributed by atoms with van der Waals surface area (Å²) in [7, 11) is 0. The van der Waals surface area contributed by atoms with E-state index >= 15 is 0 Å². The lowest BCUT2D eigenvalue weighted by Crippen LogP contribution is -2.37. The molecule has 212 valence electrons. The first kappa shape index (κ1) is 33.2. The zero-order valence-electron chi connectivity index (χ0n) is 21.7. The monoisotopic (exact) mass is 532 g/mol. The molecule has 9 heteroatoms. The Morgan fingerprint density at radius 2 is 1.37 bits per heavy atom. The minimum absolute atomic E-state index is 0. The summed E-state index contributed by atoms with van der Waals surface area (Å²) in [4.78, 5) is 25.5. The van der Waals surface area contributed by atoms with E-state index in [1.165, 1.54) is 0 Å². The number of aliphatic hydroxyl groups excluding tert-OH is 3. The third-order valence-corrected chi connectivity index (χ3v) is 5.90. The van der Waals surface area contributed by atoms with Gasteiger partial charge in [-0.2, -0.15) is 0 Å². The molecule has 4 unspecified atom stereocenters. The predicted molar refractivity (Wildman–Crippen MR) is 146 cm³/mol. The van der Waals surface area contributed by atoms with Crippen molar-refractivity contribution in [3.63, 3.8) is 0 Å². The fourth-order valence-corrected chi connectivity index (χ4v) is 4.02. The lowest BCUT2D eigenvalue weighted by atomic mass is 10.2. The van der Waals surface area contributed by atoms with Gasteiger partial charge < -0.3 is 30.1 Å². The lowest BCUT2D eigenvalue weighted by molar-refractivity contribution is -0.150. The normalized spacial score (nSPS) is 22.1. The van der Waals surface area contributed by atoms with Crippen LogP contribution in [-0.2, 0) is 32.3 Å². The molecule has 0 radical (unpaired) electrons. The van der Waals surface area contributed by atoms with Crippen molar-refractivity contribution in [3.8, 4) is 0 Å². The highest BCUT2D eigenvalue weighted by Gasteiger charge is 2.36. The Morgan fingerprint density at radius 1 is 0.868 bits per heavy atom. The Labute approximate surface area is 226 Å².